The molecule has 0 saturated carbocycles. The van der Waals surface area contributed by atoms with Crippen LogP contribution in [0, 0.1) is 5.92 Å². The van der Waals surface area contributed by atoms with Crippen molar-refractivity contribution in [1.29, 1.82) is 0 Å². The summed E-state index contributed by atoms with van der Waals surface area (Å²) in [5.74, 6) is 0.638. The molecule has 2 aliphatic heterocycles. The minimum Gasteiger partial charge on any atom is -0.395 e. The van der Waals surface area contributed by atoms with Gasteiger partial charge in [0.15, 0.2) is 0 Å². The molecule has 1 aromatic carbocycles. The van der Waals surface area contributed by atoms with Crippen LogP contribution in [0.2, 0.25) is 0 Å². The number of nitrogens with one attached hydrogen (secondary N) is 1. The van der Waals surface area contributed by atoms with Crippen molar-refractivity contribution in [3.8, 4) is 0 Å². The Labute approximate surface area is 139 Å². The van der Waals surface area contributed by atoms with E-state index in [2.05, 4.69) is 39.4 Å². The first-order chi connectivity index (χ1) is 11.3. The first kappa shape index (κ1) is 16.6. The summed E-state index contributed by atoms with van der Waals surface area (Å²) in [6.07, 6.45) is 2.72. The zero-order valence-electron chi connectivity index (χ0n) is 14.1. The Balaban J connectivity index is 1.66. The normalized spacial score (nSPS) is 22.2. The molecule has 1 aromatic rings. The third-order valence-electron chi connectivity index (χ3n) is 5.03. The molecule has 5 heteroatoms. The Hall–Kier alpha value is -1.30. The largest absolute Gasteiger partial charge is 0.395 e. The molecule has 2 heterocycles. The lowest BCUT2D eigenvalue weighted by Crippen LogP contribution is -2.48. The van der Waals surface area contributed by atoms with Crippen LogP contribution in [0.1, 0.15) is 19.8 Å². The summed E-state index contributed by atoms with van der Waals surface area (Å²) in [7, 11) is 0. The van der Waals surface area contributed by atoms with Gasteiger partial charge in [-0.25, -0.2) is 0 Å². The van der Waals surface area contributed by atoms with E-state index in [1.165, 1.54) is 24.2 Å². The quantitative estimate of drug-likeness (QED) is 0.753. The molecule has 3 rings (SSSR count). The molecule has 1 fully saturated rings. The van der Waals surface area contributed by atoms with Crippen molar-refractivity contribution in [3.63, 3.8) is 0 Å². The number of piperidine rings is 1. The molecule has 1 unspecified atom stereocenters. The number of likely N-dealkylation sites (tertiary alicyclic amines) is 1. The third-order valence-corrected chi connectivity index (χ3v) is 5.03. The third kappa shape index (κ3) is 3.79. The van der Waals surface area contributed by atoms with E-state index in [9.17, 15) is 0 Å². The highest BCUT2D eigenvalue weighted by atomic mass is 16.5. The van der Waals surface area contributed by atoms with Gasteiger partial charge >= 0.3 is 0 Å². The molecule has 0 aromatic heterocycles. The highest BCUT2D eigenvalue weighted by molar-refractivity contribution is 5.76. The van der Waals surface area contributed by atoms with Crippen LogP contribution < -0.4 is 10.2 Å². The maximum absolute atomic E-state index is 9.10. The van der Waals surface area contributed by atoms with E-state index < -0.39 is 0 Å². The number of nitrogens with zero attached hydrogens (tertiary/aromatic N) is 2. The number of para-hydroxylation sites is 2. The lowest BCUT2D eigenvalue weighted by atomic mass is 9.93. The van der Waals surface area contributed by atoms with Gasteiger partial charge in [0, 0.05) is 25.6 Å². The zero-order valence-corrected chi connectivity index (χ0v) is 14.1. The number of ether oxygens (including phenoxy) is 1. The fourth-order valence-corrected chi connectivity index (χ4v) is 3.81. The molecule has 0 bridgehead atoms. The number of fused-ring (bicyclic) bond motifs is 1. The summed E-state index contributed by atoms with van der Waals surface area (Å²) < 4.78 is 5.59. The van der Waals surface area contributed by atoms with Crippen LogP contribution >= 0.6 is 0 Å². The molecule has 1 saturated heterocycles. The van der Waals surface area contributed by atoms with Crippen LogP contribution in [0.15, 0.2) is 24.3 Å². The van der Waals surface area contributed by atoms with Crippen LogP contribution in [0.5, 0.6) is 0 Å². The number of aliphatic hydroxyl groups is 1. The minimum atomic E-state index is 0.262. The number of anilines is 2. The van der Waals surface area contributed by atoms with E-state index in [1.54, 1.807) is 0 Å². The molecule has 128 valence electrons. The van der Waals surface area contributed by atoms with E-state index in [1.807, 2.05) is 6.92 Å². The van der Waals surface area contributed by atoms with E-state index >= 15 is 0 Å². The lowest BCUT2D eigenvalue weighted by molar-refractivity contribution is 0.134. The van der Waals surface area contributed by atoms with Gasteiger partial charge in [-0.05, 0) is 45.0 Å². The van der Waals surface area contributed by atoms with E-state index in [0.29, 0.717) is 12.1 Å². The van der Waals surface area contributed by atoms with E-state index in [4.69, 9.17) is 9.84 Å². The molecular weight excluding hydrogens is 290 g/mol. The standard InChI is InChI=1S/C18H29N3O2/c1-2-23-14-12-21-17-6-4-3-5-16(17)19-18(21)15-7-9-20(10-8-15)11-13-22/h3-6,15,18-19,22H,2,7-14H2,1H3. The van der Waals surface area contributed by atoms with Crippen LogP contribution in [0.25, 0.3) is 0 Å². The molecule has 0 radical (unpaired) electrons. The summed E-state index contributed by atoms with van der Waals surface area (Å²) in [5.41, 5.74) is 2.54. The van der Waals surface area contributed by atoms with Crippen molar-refractivity contribution in [2.24, 2.45) is 5.92 Å². The zero-order chi connectivity index (χ0) is 16.1. The second-order valence-corrected chi connectivity index (χ2v) is 6.40. The van der Waals surface area contributed by atoms with Crippen molar-refractivity contribution < 1.29 is 9.84 Å². The summed E-state index contributed by atoms with van der Waals surface area (Å²) in [4.78, 5) is 4.85. The SMILES string of the molecule is CCOCCN1c2ccccc2NC1C1CCN(CCO)CC1. The maximum Gasteiger partial charge on any atom is 0.102 e. The number of hydrogen-bond acceptors (Lipinski definition) is 5. The Morgan fingerprint density at radius 1 is 1.22 bits per heavy atom. The number of aliphatic hydroxyl groups excluding tert-OH is 1. The first-order valence-corrected chi connectivity index (χ1v) is 8.86. The van der Waals surface area contributed by atoms with Crippen LogP contribution in [-0.2, 0) is 4.74 Å². The van der Waals surface area contributed by atoms with Crippen LogP contribution in [-0.4, -0.2) is 62.2 Å². The Morgan fingerprint density at radius 2 is 2.00 bits per heavy atom. The van der Waals surface area contributed by atoms with Gasteiger partial charge in [0.05, 0.1) is 24.6 Å². The van der Waals surface area contributed by atoms with Crippen LogP contribution in [0.3, 0.4) is 0 Å². The highest BCUT2D eigenvalue weighted by Crippen LogP contribution is 2.38. The molecule has 0 aliphatic carbocycles. The highest BCUT2D eigenvalue weighted by Gasteiger charge is 2.35. The Morgan fingerprint density at radius 3 is 2.74 bits per heavy atom. The average molecular weight is 319 g/mol. The smallest absolute Gasteiger partial charge is 0.102 e. The van der Waals surface area contributed by atoms with Crippen molar-refractivity contribution in [2.75, 3.05) is 56.2 Å². The number of hydrogen-bond donors (Lipinski definition) is 2. The Bertz CT molecular complexity index is 489. The molecule has 2 N–H and O–H groups in total. The number of rotatable bonds is 7. The summed E-state index contributed by atoms with van der Waals surface area (Å²) in [6.45, 7) is 7.75. The minimum absolute atomic E-state index is 0.262. The van der Waals surface area contributed by atoms with Gasteiger partial charge in [-0.1, -0.05) is 12.1 Å². The lowest BCUT2D eigenvalue weighted by Gasteiger charge is -2.38. The first-order valence-electron chi connectivity index (χ1n) is 8.86. The van der Waals surface area contributed by atoms with Crippen molar-refractivity contribution in [1.82, 2.24) is 4.90 Å². The Kier molecular flexibility index (Phi) is 5.75. The van der Waals surface area contributed by atoms with Gasteiger partial charge in [0.2, 0.25) is 0 Å². The number of β-amino-alcohol motifs (C(OH)–C–C–N with tert-alkyl or cyclic N) is 1. The topological polar surface area (TPSA) is 48.0 Å². The molecule has 0 spiro atoms. The van der Waals surface area contributed by atoms with Crippen molar-refractivity contribution in [2.45, 2.75) is 25.9 Å². The van der Waals surface area contributed by atoms with E-state index in [-0.39, 0.29) is 6.61 Å². The predicted molar refractivity (Wildman–Crippen MR) is 93.9 cm³/mol. The fourth-order valence-electron chi connectivity index (χ4n) is 3.81. The van der Waals surface area contributed by atoms with Gasteiger partial charge in [-0.2, -0.15) is 0 Å². The summed E-state index contributed by atoms with van der Waals surface area (Å²) in [6, 6.07) is 8.58. The number of benzene rings is 1. The molecular formula is C18H29N3O2. The van der Waals surface area contributed by atoms with Gasteiger partial charge < -0.3 is 25.0 Å². The fraction of sp³-hybridized carbons (Fsp3) is 0.667. The summed E-state index contributed by atoms with van der Waals surface area (Å²) in [5, 5.41) is 12.8. The summed E-state index contributed by atoms with van der Waals surface area (Å²) >= 11 is 0. The monoisotopic (exact) mass is 319 g/mol. The second kappa shape index (κ2) is 7.99. The van der Waals surface area contributed by atoms with Crippen LogP contribution in [0.4, 0.5) is 11.4 Å². The maximum atomic E-state index is 9.10. The van der Waals surface area contributed by atoms with Gasteiger partial charge in [0.1, 0.15) is 6.17 Å². The molecule has 0 amide bonds. The molecule has 5 nitrogen and oxygen atoms in total. The van der Waals surface area contributed by atoms with Gasteiger partial charge in [-0.3, -0.25) is 0 Å². The molecule has 1 atom stereocenters. The van der Waals surface area contributed by atoms with Gasteiger partial charge in [-0.15, -0.1) is 0 Å². The van der Waals surface area contributed by atoms with E-state index in [0.717, 1.165) is 39.4 Å². The van der Waals surface area contributed by atoms with Gasteiger partial charge in [0.25, 0.3) is 0 Å². The predicted octanol–water partition coefficient (Wildman–Crippen LogP) is 1.99. The molecule has 2 aliphatic rings. The second-order valence-electron chi connectivity index (χ2n) is 6.40. The van der Waals surface area contributed by atoms with Crippen molar-refractivity contribution >= 4 is 11.4 Å². The van der Waals surface area contributed by atoms with Crippen molar-refractivity contribution in [3.05, 3.63) is 24.3 Å². The molecule has 23 heavy (non-hydrogen) atoms. The average Bonchev–Trinajstić information content (AvgIpc) is 2.95.